The molecule has 0 saturated carbocycles. The van der Waals surface area contributed by atoms with E-state index >= 15 is 0 Å². The van der Waals surface area contributed by atoms with Crippen molar-refractivity contribution in [3.8, 4) is 10.6 Å². The van der Waals surface area contributed by atoms with Gasteiger partial charge in [-0.25, -0.2) is 13.4 Å². The molecule has 1 saturated heterocycles. The van der Waals surface area contributed by atoms with Gasteiger partial charge in [0.05, 0.1) is 11.4 Å². The Morgan fingerprint density at radius 3 is 2.68 bits per heavy atom. The average molecular weight is 474 g/mol. The number of nitrogens with zero attached hydrogens (tertiary/aromatic N) is 3. The lowest BCUT2D eigenvalue weighted by Crippen LogP contribution is -2.35. The number of hydrogen-bond acceptors (Lipinski definition) is 6. The van der Waals surface area contributed by atoms with Gasteiger partial charge in [0.15, 0.2) is 0 Å². The number of carbonyl (C=O) groups is 1. The summed E-state index contributed by atoms with van der Waals surface area (Å²) in [6.07, 6.45) is 3.79. The van der Waals surface area contributed by atoms with Crippen LogP contribution >= 0.6 is 22.7 Å². The van der Waals surface area contributed by atoms with Crippen LogP contribution in [0.2, 0.25) is 0 Å². The van der Waals surface area contributed by atoms with E-state index in [-0.39, 0.29) is 5.91 Å². The van der Waals surface area contributed by atoms with Crippen LogP contribution in [0.25, 0.3) is 10.6 Å². The van der Waals surface area contributed by atoms with Crippen molar-refractivity contribution in [3.05, 3.63) is 51.8 Å². The third-order valence-electron chi connectivity index (χ3n) is 5.82. The average Bonchev–Trinajstić information content (AvgIpc) is 3.53. The van der Waals surface area contributed by atoms with Crippen LogP contribution in [-0.2, 0) is 16.4 Å². The maximum absolute atomic E-state index is 13.4. The molecule has 162 valence electrons. The fourth-order valence-corrected chi connectivity index (χ4v) is 8.12. The van der Waals surface area contributed by atoms with E-state index in [4.69, 9.17) is 0 Å². The van der Waals surface area contributed by atoms with Gasteiger partial charge in [0.25, 0.3) is 15.9 Å². The van der Waals surface area contributed by atoms with Crippen molar-refractivity contribution in [3.63, 3.8) is 0 Å². The number of fused-ring (bicyclic) bond motifs is 1. The standard InChI is InChI=1S/C22H23N3O3S3/c1-15-20(22(26)24-10-4-5-11-24)30-21(23-15)17-13-19(29-14-17)31(27,28)25-12-6-8-16-7-2-3-9-18(16)25/h2-3,7,9,13-14H,4-6,8,10-12H2,1H3. The van der Waals surface area contributed by atoms with Gasteiger partial charge in [0.1, 0.15) is 14.1 Å². The third-order valence-corrected chi connectivity index (χ3v) is 10.2. The quantitative estimate of drug-likeness (QED) is 0.557. The van der Waals surface area contributed by atoms with E-state index in [1.54, 1.807) is 6.07 Å². The molecule has 0 atom stereocenters. The third kappa shape index (κ3) is 3.68. The zero-order valence-corrected chi connectivity index (χ0v) is 19.7. The highest BCUT2D eigenvalue weighted by Crippen LogP contribution is 2.37. The molecule has 31 heavy (non-hydrogen) atoms. The van der Waals surface area contributed by atoms with Crippen LogP contribution < -0.4 is 4.31 Å². The lowest BCUT2D eigenvalue weighted by Gasteiger charge is -2.29. The lowest BCUT2D eigenvalue weighted by molar-refractivity contribution is 0.0796. The molecular weight excluding hydrogens is 450 g/mol. The van der Waals surface area contributed by atoms with Crippen molar-refractivity contribution in [2.24, 2.45) is 0 Å². The number of rotatable bonds is 4. The first-order valence-electron chi connectivity index (χ1n) is 10.4. The summed E-state index contributed by atoms with van der Waals surface area (Å²) in [6, 6.07) is 9.39. The first-order chi connectivity index (χ1) is 14.9. The molecular formula is C22H23N3O3S3. The first-order valence-corrected chi connectivity index (χ1v) is 13.5. The number of benzene rings is 1. The molecule has 2 aliphatic heterocycles. The highest BCUT2D eigenvalue weighted by molar-refractivity contribution is 7.94. The van der Waals surface area contributed by atoms with E-state index < -0.39 is 10.0 Å². The predicted molar refractivity (Wildman–Crippen MR) is 125 cm³/mol. The minimum atomic E-state index is -3.64. The number of likely N-dealkylation sites (tertiary alicyclic amines) is 1. The normalized spacial score (nSPS) is 16.5. The smallest absolute Gasteiger partial charge is 0.273 e. The van der Waals surface area contributed by atoms with E-state index in [1.807, 2.05) is 41.5 Å². The predicted octanol–water partition coefficient (Wildman–Crippen LogP) is 4.56. The number of para-hydroxylation sites is 1. The van der Waals surface area contributed by atoms with Crippen LogP contribution in [-0.4, -0.2) is 43.8 Å². The Morgan fingerprint density at radius 2 is 1.87 bits per heavy atom. The summed E-state index contributed by atoms with van der Waals surface area (Å²) in [5.74, 6) is 0.0340. The van der Waals surface area contributed by atoms with Crippen molar-refractivity contribution in [1.82, 2.24) is 9.88 Å². The molecule has 6 nitrogen and oxygen atoms in total. The second-order valence-electron chi connectivity index (χ2n) is 7.90. The molecule has 0 radical (unpaired) electrons. The van der Waals surface area contributed by atoms with Gasteiger partial charge in [-0.1, -0.05) is 18.2 Å². The van der Waals surface area contributed by atoms with Gasteiger partial charge < -0.3 is 4.90 Å². The van der Waals surface area contributed by atoms with Gasteiger partial charge in [-0.2, -0.15) is 0 Å². The minimum Gasteiger partial charge on any atom is -0.338 e. The highest BCUT2D eigenvalue weighted by atomic mass is 32.2. The van der Waals surface area contributed by atoms with Gasteiger partial charge in [0, 0.05) is 30.6 Å². The molecule has 0 N–H and O–H groups in total. The molecule has 0 spiro atoms. The summed E-state index contributed by atoms with van der Waals surface area (Å²) in [5.41, 5.74) is 3.29. The van der Waals surface area contributed by atoms with Crippen molar-refractivity contribution < 1.29 is 13.2 Å². The number of sulfonamides is 1. The molecule has 1 aromatic carbocycles. The highest BCUT2D eigenvalue weighted by Gasteiger charge is 2.31. The van der Waals surface area contributed by atoms with E-state index in [0.717, 1.165) is 55.6 Å². The molecule has 3 aromatic rings. The van der Waals surface area contributed by atoms with Crippen molar-refractivity contribution in [2.75, 3.05) is 23.9 Å². The van der Waals surface area contributed by atoms with Crippen LogP contribution in [0, 0.1) is 6.92 Å². The fraction of sp³-hybridized carbons (Fsp3) is 0.364. The monoisotopic (exact) mass is 473 g/mol. The SMILES string of the molecule is Cc1nc(-c2csc(S(=O)(=O)N3CCCc4ccccc43)c2)sc1C(=O)N1CCCC1. The number of carbonyl (C=O) groups excluding carboxylic acids is 1. The van der Waals surface area contributed by atoms with Gasteiger partial charge in [-0.05, 0) is 50.3 Å². The van der Waals surface area contributed by atoms with E-state index in [2.05, 4.69) is 4.98 Å². The van der Waals surface area contributed by atoms with Gasteiger partial charge in [0.2, 0.25) is 0 Å². The zero-order chi connectivity index (χ0) is 21.6. The Bertz CT molecular complexity index is 1240. The molecule has 2 aromatic heterocycles. The number of thiazole rings is 1. The number of hydrogen-bond donors (Lipinski definition) is 0. The molecule has 1 fully saturated rings. The topological polar surface area (TPSA) is 70.6 Å². The largest absolute Gasteiger partial charge is 0.338 e. The summed E-state index contributed by atoms with van der Waals surface area (Å²) in [6.45, 7) is 3.92. The van der Waals surface area contributed by atoms with E-state index in [1.165, 1.54) is 27.0 Å². The van der Waals surface area contributed by atoms with Crippen LogP contribution in [0.4, 0.5) is 5.69 Å². The summed E-state index contributed by atoms with van der Waals surface area (Å²) in [5, 5.41) is 2.52. The summed E-state index contributed by atoms with van der Waals surface area (Å²) in [7, 11) is -3.64. The van der Waals surface area contributed by atoms with Crippen LogP contribution in [0.15, 0.2) is 39.9 Å². The van der Waals surface area contributed by atoms with Crippen molar-refractivity contribution in [2.45, 2.75) is 36.8 Å². The Morgan fingerprint density at radius 1 is 1.10 bits per heavy atom. The first kappa shape index (κ1) is 20.7. The molecule has 5 rings (SSSR count). The maximum Gasteiger partial charge on any atom is 0.273 e. The number of aromatic nitrogens is 1. The molecule has 9 heteroatoms. The van der Waals surface area contributed by atoms with Gasteiger partial charge in [-0.3, -0.25) is 9.10 Å². The molecule has 2 aliphatic rings. The van der Waals surface area contributed by atoms with Crippen molar-refractivity contribution >= 4 is 44.3 Å². The summed E-state index contributed by atoms with van der Waals surface area (Å²) in [4.78, 5) is 19.9. The van der Waals surface area contributed by atoms with E-state index in [0.29, 0.717) is 26.3 Å². The number of thiophene rings is 1. The van der Waals surface area contributed by atoms with Crippen LogP contribution in [0.3, 0.4) is 0 Å². The number of anilines is 1. The Balaban J connectivity index is 1.44. The fourth-order valence-electron chi connectivity index (χ4n) is 4.20. The Hall–Kier alpha value is -2.23. The molecule has 0 bridgehead atoms. The number of aryl methyl sites for hydroxylation is 2. The summed E-state index contributed by atoms with van der Waals surface area (Å²) >= 11 is 2.56. The molecule has 4 heterocycles. The molecule has 1 amide bonds. The lowest BCUT2D eigenvalue weighted by atomic mass is 10.0. The second-order valence-corrected chi connectivity index (χ2v) is 11.9. The van der Waals surface area contributed by atoms with Crippen LogP contribution in [0.5, 0.6) is 0 Å². The van der Waals surface area contributed by atoms with Gasteiger partial charge >= 0.3 is 0 Å². The number of amides is 1. The van der Waals surface area contributed by atoms with Crippen molar-refractivity contribution in [1.29, 1.82) is 0 Å². The van der Waals surface area contributed by atoms with Gasteiger partial charge in [-0.15, -0.1) is 22.7 Å². The summed E-state index contributed by atoms with van der Waals surface area (Å²) < 4.78 is 28.6. The molecule has 0 unspecified atom stereocenters. The van der Waals surface area contributed by atoms with E-state index in [9.17, 15) is 13.2 Å². The van der Waals surface area contributed by atoms with Crippen LogP contribution in [0.1, 0.15) is 40.2 Å². The Kier molecular flexibility index (Phi) is 5.35. The maximum atomic E-state index is 13.4. The molecule has 0 aliphatic carbocycles. The zero-order valence-electron chi connectivity index (χ0n) is 17.2. The minimum absolute atomic E-state index is 0.0340. The second kappa shape index (κ2) is 8.03. The Labute approximate surface area is 190 Å².